The molecule has 1 rings (SSSR count). The van der Waals surface area contributed by atoms with Gasteiger partial charge < -0.3 is 0 Å². The van der Waals surface area contributed by atoms with Gasteiger partial charge in [-0.3, -0.25) is 0 Å². The SMILES string of the molecule is Cc1ncsc1CN(C)S(=O)(=O)N(C)CCCCl. The maximum Gasteiger partial charge on any atom is 0.281 e. The average Bonchev–Trinajstić information content (AvgIpc) is 2.71. The molecule has 0 N–H and O–H groups in total. The lowest BCUT2D eigenvalue weighted by Crippen LogP contribution is -2.39. The summed E-state index contributed by atoms with van der Waals surface area (Å²) in [5.41, 5.74) is 2.60. The molecule has 5 nitrogen and oxygen atoms in total. The fourth-order valence-electron chi connectivity index (χ4n) is 1.40. The largest absolute Gasteiger partial charge is 0.281 e. The molecule has 0 aliphatic rings. The van der Waals surface area contributed by atoms with E-state index in [1.807, 2.05) is 6.92 Å². The highest BCUT2D eigenvalue weighted by atomic mass is 35.5. The first-order valence-corrected chi connectivity index (χ1v) is 8.33. The Kier molecular flexibility index (Phi) is 6.00. The first-order valence-electron chi connectivity index (χ1n) is 5.52. The molecule has 1 heterocycles. The number of aromatic nitrogens is 1. The lowest BCUT2D eigenvalue weighted by atomic mass is 10.4. The van der Waals surface area contributed by atoms with Crippen LogP contribution in [-0.4, -0.2) is 48.5 Å². The summed E-state index contributed by atoms with van der Waals surface area (Å²) >= 11 is 7.04. The first-order chi connectivity index (χ1) is 8.39. The molecule has 0 saturated carbocycles. The van der Waals surface area contributed by atoms with Crippen molar-refractivity contribution in [2.24, 2.45) is 0 Å². The molecule has 0 aliphatic heterocycles. The van der Waals surface area contributed by atoms with Gasteiger partial charge in [-0.1, -0.05) is 0 Å². The summed E-state index contributed by atoms with van der Waals surface area (Å²) in [5.74, 6) is 0.456. The average molecular weight is 312 g/mol. The molecule has 0 spiro atoms. The van der Waals surface area contributed by atoms with Crippen LogP contribution in [0.3, 0.4) is 0 Å². The third-order valence-electron chi connectivity index (χ3n) is 2.61. The molecule has 0 aliphatic carbocycles. The molecule has 0 amide bonds. The molecular weight excluding hydrogens is 294 g/mol. The fraction of sp³-hybridized carbons (Fsp3) is 0.700. The van der Waals surface area contributed by atoms with E-state index < -0.39 is 10.2 Å². The lowest BCUT2D eigenvalue weighted by Gasteiger charge is -2.23. The summed E-state index contributed by atoms with van der Waals surface area (Å²) in [7, 11) is -0.275. The van der Waals surface area contributed by atoms with Crippen molar-refractivity contribution in [2.45, 2.75) is 19.9 Å². The normalized spacial score (nSPS) is 12.6. The Morgan fingerprint density at radius 1 is 1.39 bits per heavy atom. The monoisotopic (exact) mass is 311 g/mol. The summed E-state index contributed by atoms with van der Waals surface area (Å²) < 4.78 is 27.0. The maximum absolute atomic E-state index is 12.2. The van der Waals surface area contributed by atoms with E-state index in [0.717, 1.165) is 10.6 Å². The zero-order chi connectivity index (χ0) is 13.8. The van der Waals surface area contributed by atoms with E-state index in [9.17, 15) is 8.42 Å². The van der Waals surface area contributed by atoms with Crippen LogP contribution in [0.15, 0.2) is 5.51 Å². The molecule has 1 aromatic heterocycles. The highest BCUT2D eigenvalue weighted by Gasteiger charge is 2.24. The van der Waals surface area contributed by atoms with Gasteiger partial charge in [0.2, 0.25) is 0 Å². The molecule has 0 saturated heterocycles. The van der Waals surface area contributed by atoms with Crippen molar-refractivity contribution < 1.29 is 8.42 Å². The molecule has 0 unspecified atom stereocenters. The van der Waals surface area contributed by atoms with Gasteiger partial charge in [0, 0.05) is 31.4 Å². The fourth-order valence-corrected chi connectivity index (χ4v) is 3.56. The van der Waals surface area contributed by atoms with Crippen LogP contribution in [0.1, 0.15) is 17.0 Å². The maximum atomic E-state index is 12.2. The summed E-state index contributed by atoms with van der Waals surface area (Å²) in [5, 5.41) is 0. The van der Waals surface area contributed by atoms with E-state index in [0.29, 0.717) is 25.4 Å². The third-order valence-corrected chi connectivity index (χ3v) is 5.68. The number of aryl methyl sites for hydroxylation is 1. The van der Waals surface area contributed by atoms with Gasteiger partial charge in [0.05, 0.1) is 17.7 Å². The summed E-state index contributed by atoms with van der Waals surface area (Å²) in [6.45, 7) is 2.66. The Bertz CT molecular complexity index is 475. The number of hydrogen-bond acceptors (Lipinski definition) is 4. The Morgan fingerprint density at radius 2 is 2.06 bits per heavy atom. The Hall–Kier alpha value is -0.210. The quantitative estimate of drug-likeness (QED) is 0.720. The van der Waals surface area contributed by atoms with Gasteiger partial charge in [0.15, 0.2) is 0 Å². The van der Waals surface area contributed by atoms with E-state index in [1.165, 1.54) is 19.9 Å². The van der Waals surface area contributed by atoms with E-state index in [2.05, 4.69) is 4.98 Å². The van der Waals surface area contributed by atoms with Crippen molar-refractivity contribution in [1.82, 2.24) is 13.6 Å². The van der Waals surface area contributed by atoms with Crippen LogP contribution in [0.4, 0.5) is 0 Å². The van der Waals surface area contributed by atoms with Crippen molar-refractivity contribution in [2.75, 3.05) is 26.5 Å². The van der Waals surface area contributed by atoms with Crippen LogP contribution < -0.4 is 0 Å². The number of halogens is 1. The molecule has 0 radical (unpaired) electrons. The van der Waals surface area contributed by atoms with Crippen molar-refractivity contribution >= 4 is 33.1 Å². The first kappa shape index (κ1) is 15.8. The minimum absolute atomic E-state index is 0.351. The van der Waals surface area contributed by atoms with E-state index in [1.54, 1.807) is 19.6 Å². The van der Waals surface area contributed by atoms with Gasteiger partial charge >= 0.3 is 0 Å². The Balaban J connectivity index is 2.70. The van der Waals surface area contributed by atoms with Crippen LogP contribution in [0.5, 0.6) is 0 Å². The predicted octanol–water partition coefficient (Wildman–Crippen LogP) is 1.69. The van der Waals surface area contributed by atoms with E-state index >= 15 is 0 Å². The van der Waals surface area contributed by atoms with Crippen LogP contribution >= 0.6 is 22.9 Å². The zero-order valence-electron chi connectivity index (χ0n) is 10.8. The van der Waals surface area contributed by atoms with E-state index in [4.69, 9.17) is 11.6 Å². The predicted molar refractivity (Wildman–Crippen MR) is 75.2 cm³/mol. The number of nitrogens with zero attached hydrogens (tertiary/aromatic N) is 3. The molecule has 0 bridgehead atoms. The van der Waals surface area contributed by atoms with Crippen molar-refractivity contribution in [1.29, 1.82) is 0 Å². The summed E-state index contributed by atoms with van der Waals surface area (Å²) in [6, 6.07) is 0. The van der Waals surface area contributed by atoms with Gasteiger partial charge in [-0.15, -0.1) is 22.9 Å². The Labute approximate surface area is 118 Å². The molecule has 8 heteroatoms. The summed E-state index contributed by atoms with van der Waals surface area (Å²) in [4.78, 5) is 5.08. The van der Waals surface area contributed by atoms with Crippen LogP contribution in [0.2, 0.25) is 0 Å². The number of thiazole rings is 1. The number of alkyl halides is 1. The minimum Gasteiger partial charge on any atom is -0.250 e. The molecule has 104 valence electrons. The topological polar surface area (TPSA) is 53.5 Å². The standard InChI is InChI=1S/C10H18ClN3O2S2/c1-9-10(17-8-12-9)7-14(3)18(15,16)13(2)6-4-5-11/h8H,4-7H2,1-3H3. The van der Waals surface area contributed by atoms with Gasteiger partial charge in [-0.05, 0) is 13.3 Å². The molecule has 1 aromatic rings. The van der Waals surface area contributed by atoms with E-state index in [-0.39, 0.29) is 0 Å². The molecule has 18 heavy (non-hydrogen) atoms. The third kappa shape index (κ3) is 3.89. The van der Waals surface area contributed by atoms with Gasteiger partial charge in [-0.25, -0.2) is 4.98 Å². The van der Waals surface area contributed by atoms with Crippen LogP contribution in [0.25, 0.3) is 0 Å². The van der Waals surface area contributed by atoms with Crippen molar-refractivity contribution in [3.8, 4) is 0 Å². The molecule has 0 fully saturated rings. The lowest BCUT2D eigenvalue weighted by molar-refractivity contribution is 0.390. The van der Waals surface area contributed by atoms with Crippen molar-refractivity contribution in [3.63, 3.8) is 0 Å². The smallest absolute Gasteiger partial charge is 0.250 e. The van der Waals surface area contributed by atoms with Gasteiger partial charge in [0.1, 0.15) is 0 Å². The minimum atomic E-state index is -3.42. The molecular formula is C10H18ClN3O2S2. The Morgan fingerprint density at radius 3 is 2.56 bits per heavy atom. The highest BCUT2D eigenvalue weighted by molar-refractivity contribution is 7.86. The molecule has 0 atom stereocenters. The van der Waals surface area contributed by atoms with Crippen LogP contribution in [0, 0.1) is 6.92 Å². The second-order valence-electron chi connectivity index (χ2n) is 3.99. The number of rotatable bonds is 7. The van der Waals surface area contributed by atoms with Gasteiger partial charge in [0.25, 0.3) is 10.2 Å². The highest BCUT2D eigenvalue weighted by Crippen LogP contribution is 2.17. The van der Waals surface area contributed by atoms with Crippen molar-refractivity contribution in [3.05, 3.63) is 16.1 Å². The number of hydrogen-bond donors (Lipinski definition) is 0. The molecule has 0 aromatic carbocycles. The summed E-state index contributed by atoms with van der Waals surface area (Å²) in [6.07, 6.45) is 0.644. The van der Waals surface area contributed by atoms with Crippen LogP contribution in [-0.2, 0) is 16.8 Å². The second-order valence-corrected chi connectivity index (χ2v) is 7.45. The second kappa shape index (κ2) is 6.81. The zero-order valence-corrected chi connectivity index (χ0v) is 13.1. The van der Waals surface area contributed by atoms with Gasteiger partial charge in [-0.2, -0.15) is 17.0 Å².